The number of rotatable bonds is 7. The maximum Gasteiger partial charge on any atom is 0.235 e. The number of carbonyl (C=O) groups excluding carboxylic acids is 1. The lowest BCUT2D eigenvalue weighted by molar-refractivity contribution is -0.132. The summed E-state index contributed by atoms with van der Waals surface area (Å²) in [6, 6.07) is 14.8. The van der Waals surface area contributed by atoms with E-state index in [0.717, 1.165) is 28.8 Å². The molecule has 2 heterocycles. The molecule has 5 nitrogen and oxygen atoms in total. The van der Waals surface area contributed by atoms with Crippen molar-refractivity contribution < 1.29 is 14.6 Å². The summed E-state index contributed by atoms with van der Waals surface area (Å²) in [6.07, 6.45) is 5.26. The molecule has 2 aliphatic rings. The molecule has 174 valence electrons. The molecule has 1 saturated heterocycles. The van der Waals surface area contributed by atoms with Crippen molar-refractivity contribution in [3.05, 3.63) is 70.4 Å². The number of amides is 1. The predicted molar refractivity (Wildman–Crippen MR) is 131 cm³/mol. The van der Waals surface area contributed by atoms with Crippen molar-refractivity contribution in [2.45, 2.75) is 56.5 Å². The lowest BCUT2D eigenvalue weighted by atomic mass is 10.0. The van der Waals surface area contributed by atoms with Gasteiger partial charge >= 0.3 is 0 Å². The Bertz CT molecular complexity index is 1140. The third-order valence-corrected chi connectivity index (χ3v) is 7.18. The number of carbonyl (C=O) groups is 1. The van der Waals surface area contributed by atoms with Crippen molar-refractivity contribution >= 4 is 40.0 Å². The highest BCUT2D eigenvalue weighted by Crippen LogP contribution is 2.40. The van der Waals surface area contributed by atoms with E-state index in [1.807, 2.05) is 18.2 Å². The van der Waals surface area contributed by atoms with E-state index in [1.54, 1.807) is 0 Å². The van der Waals surface area contributed by atoms with Crippen LogP contribution >= 0.6 is 23.2 Å². The summed E-state index contributed by atoms with van der Waals surface area (Å²) in [7, 11) is 0. The van der Waals surface area contributed by atoms with Crippen LogP contribution in [0, 0.1) is 0 Å². The maximum absolute atomic E-state index is 11.6. The molecule has 2 aromatic carbocycles. The van der Waals surface area contributed by atoms with Crippen LogP contribution in [0.15, 0.2) is 48.7 Å². The van der Waals surface area contributed by atoms with Gasteiger partial charge in [0.25, 0.3) is 0 Å². The normalized spacial score (nSPS) is 23.1. The van der Waals surface area contributed by atoms with E-state index >= 15 is 0 Å². The maximum atomic E-state index is 11.6. The van der Waals surface area contributed by atoms with Crippen molar-refractivity contribution in [1.29, 1.82) is 0 Å². The fourth-order valence-corrected chi connectivity index (χ4v) is 5.20. The number of nitrogens with one attached hydrogen (secondary N) is 1. The summed E-state index contributed by atoms with van der Waals surface area (Å²) in [4.78, 5) is 11.6. The summed E-state index contributed by atoms with van der Waals surface area (Å²) in [5.41, 5.74) is 4.78. The van der Waals surface area contributed by atoms with Gasteiger partial charge in [-0.25, -0.2) is 0 Å². The Hall–Kier alpha value is -2.05. The van der Waals surface area contributed by atoms with Crippen molar-refractivity contribution in [1.82, 2.24) is 9.88 Å². The third kappa shape index (κ3) is 5.07. The minimum absolute atomic E-state index is 0.0928. The highest BCUT2D eigenvalue weighted by atomic mass is 35.5. The van der Waals surface area contributed by atoms with Crippen LogP contribution < -0.4 is 5.32 Å². The highest BCUT2D eigenvalue weighted by Gasteiger charge is 2.31. The van der Waals surface area contributed by atoms with Crippen LogP contribution in [0.2, 0.25) is 5.02 Å². The third-order valence-electron chi connectivity index (χ3n) is 6.63. The van der Waals surface area contributed by atoms with Gasteiger partial charge in [-0.15, -0.1) is 11.6 Å². The lowest BCUT2D eigenvalue weighted by Crippen LogP contribution is -2.41. The average molecular weight is 487 g/mol. The van der Waals surface area contributed by atoms with E-state index in [4.69, 9.17) is 27.9 Å². The van der Waals surface area contributed by atoms with Gasteiger partial charge in [0.1, 0.15) is 12.1 Å². The Balaban J connectivity index is 1.42. The molecule has 1 aromatic heterocycles. The van der Waals surface area contributed by atoms with Crippen molar-refractivity contribution in [2.24, 2.45) is 0 Å². The van der Waals surface area contributed by atoms with Gasteiger partial charge in [0, 0.05) is 31.0 Å². The fraction of sp³-hybridized carbons (Fsp3) is 0.423. The summed E-state index contributed by atoms with van der Waals surface area (Å²) in [5, 5.41) is 15.0. The number of benzene rings is 2. The molecule has 3 aromatic rings. The van der Waals surface area contributed by atoms with Crippen LogP contribution in [-0.4, -0.2) is 40.2 Å². The minimum Gasteiger partial charge on any atom is -0.393 e. The summed E-state index contributed by atoms with van der Waals surface area (Å²) >= 11 is 12.2. The zero-order valence-corrected chi connectivity index (χ0v) is 19.9. The number of aliphatic hydroxyl groups is 1. The number of hydrogen-bond acceptors (Lipinski definition) is 3. The quantitative estimate of drug-likeness (QED) is 0.453. The second-order valence-electron chi connectivity index (χ2n) is 9.16. The van der Waals surface area contributed by atoms with Crippen molar-refractivity contribution in [2.75, 3.05) is 12.4 Å². The first-order chi connectivity index (χ1) is 16.0. The number of fused-ring (bicyclic) bond motifs is 1. The molecular weight excluding hydrogens is 459 g/mol. The summed E-state index contributed by atoms with van der Waals surface area (Å²) < 4.78 is 8.38. The van der Waals surface area contributed by atoms with Crippen LogP contribution in [0.25, 0.3) is 10.9 Å². The summed E-state index contributed by atoms with van der Waals surface area (Å²) in [5.74, 6) is 0.405. The number of nitrogens with zero attached hydrogens (tertiary/aromatic N) is 1. The summed E-state index contributed by atoms with van der Waals surface area (Å²) in [6.45, 7) is 0.319. The van der Waals surface area contributed by atoms with E-state index in [1.165, 1.54) is 24.0 Å². The molecule has 5 rings (SSSR count). The molecule has 0 unspecified atom stereocenters. The number of alkyl halides is 1. The Kier molecular flexibility index (Phi) is 6.66. The zero-order valence-electron chi connectivity index (χ0n) is 18.3. The Morgan fingerprint density at radius 1 is 1.15 bits per heavy atom. The molecule has 0 bridgehead atoms. The molecule has 1 aliphatic heterocycles. The molecule has 0 spiro atoms. The van der Waals surface area contributed by atoms with Gasteiger partial charge in [0.15, 0.2) is 0 Å². The zero-order chi connectivity index (χ0) is 22.9. The van der Waals surface area contributed by atoms with Gasteiger partial charge in [0.05, 0.1) is 22.7 Å². The number of ether oxygens (including phenoxy) is 1. The fourth-order valence-electron chi connectivity index (χ4n) is 4.82. The largest absolute Gasteiger partial charge is 0.393 e. The Morgan fingerprint density at radius 3 is 2.67 bits per heavy atom. The molecule has 33 heavy (non-hydrogen) atoms. The van der Waals surface area contributed by atoms with Crippen molar-refractivity contribution in [3.8, 4) is 0 Å². The molecule has 1 amide bonds. The van der Waals surface area contributed by atoms with E-state index < -0.39 is 6.10 Å². The van der Waals surface area contributed by atoms with E-state index in [2.05, 4.69) is 40.3 Å². The van der Waals surface area contributed by atoms with Crippen molar-refractivity contribution in [3.63, 3.8) is 0 Å². The van der Waals surface area contributed by atoms with E-state index in [0.29, 0.717) is 24.4 Å². The highest BCUT2D eigenvalue weighted by molar-refractivity contribution is 6.35. The van der Waals surface area contributed by atoms with Crippen LogP contribution in [0.3, 0.4) is 0 Å². The SMILES string of the molecule is O=C(CCl)NC[C@@H]1C[C@H](O)C[C@H](n2cc(Cc3ccc(C4CC4)cc3)c3c(Cl)cccc32)O1. The van der Waals surface area contributed by atoms with Crippen LogP contribution in [0.4, 0.5) is 0 Å². The second-order valence-corrected chi connectivity index (χ2v) is 9.84. The predicted octanol–water partition coefficient (Wildman–Crippen LogP) is 5.16. The van der Waals surface area contributed by atoms with Gasteiger partial charge in [-0.1, -0.05) is 41.9 Å². The van der Waals surface area contributed by atoms with Gasteiger partial charge in [-0.2, -0.15) is 0 Å². The molecule has 2 fully saturated rings. The molecule has 1 aliphatic carbocycles. The van der Waals surface area contributed by atoms with Gasteiger partial charge in [-0.3, -0.25) is 4.79 Å². The van der Waals surface area contributed by atoms with Crippen LogP contribution in [-0.2, 0) is 16.0 Å². The number of halogens is 2. The monoisotopic (exact) mass is 486 g/mol. The molecular formula is C26H28Cl2N2O3. The first kappa shape index (κ1) is 22.7. The van der Waals surface area contributed by atoms with Gasteiger partial charge in [0.2, 0.25) is 5.91 Å². The topological polar surface area (TPSA) is 63.5 Å². The lowest BCUT2D eigenvalue weighted by Gasteiger charge is -2.34. The molecule has 7 heteroatoms. The van der Waals surface area contributed by atoms with E-state index in [9.17, 15) is 9.90 Å². The smallest absolute Gasteiger partial charge is 0.235 e. The number of aliphatic hydroxyl groups excluding tert-OH is 1. The van der Waals surface area contributed by atoms with Gasteiger partial charge < -0.3 is 19.7 Å². The van der Waals surface area contributed by atoms with E-state index in [-0.39, 0.29) is 24.1 Å². The first-order valence-electron chi connectivity index (χ1n) is 11.5. The molecule has 2 N–H and O–H groups in total. The average Bonchev–Trinajstić information content (AvgIpc) is 3.60. The standard InChI is InChI=1S/C26H28Cl2N2O3/c27-13-24(32)29-14-21-11-20(31)12-25(33-21)30-15-19(26-22(28)2-1-3-23(26)30)10-16-4-6-17(7-5-16)18-8-9-18/h1-7,15,18,20-21,25,31H,8-14H2,(H,29,32)/t20-,21-,25+/m0/s1. The Labute approximate surface area is 203 Å². The van der Waals surface area contributed by atoms with Crippen LogP contribution in [0.1, 0.15) is 54.5 Å². The first-order valence-corrected chi connectivity index (χ1v) is 12.5. The second kappa shape index (κ2) is 9.67. The van der Waals surface area contributed by atoms with Crippen LogP contribution in [0.5, 0.6) is 0 Å². The number of aromatic nitrogens is 1. The van der Waals surface area contributed by atoms with Gasteiger partial charge in [-0.05, 0) is 54.0 Å². The molecule has 1 saturated carbocycles. The molecule has 0 radical (unpaired) electrons. The minimum atomic E-state index is -0.517. The Morgan fingerprint density at radius 2 is 1.94 bits per heavy atom. The number of hydrogen-bond donors (Lipinski definition) is 2. The molecule has 3 atom stereocenters.